The van der Waals surface area contributed by atoms with E-state index < -0.39 is 29.1 Å². The molecule has 2 N–H and O–H groups in total. The number of carbonyl (C=O) groups is 1. The minimum atomic E-state index is -0.766. The molecule has 3 rings (SSSR count). The third kappa shape index (κ3) is 5.45. The van der Waals surface area contributed by atoms with Crippen LogP contribution >= 0.6 is 15.9 Å². The average Bonchev–Trinajstić information content (AvgIpc) is 2.77. The van der Waals surface area contributed by atoms with Gasteiger partial charge in [0.1, 0.15) is 28.5 Å². The number of rotatable bonds is 7. The zero-order valence-electron chi connectivity index (χ0n) is 18.2. The van der Waals surface area contributed by atoms with Gasteiger partial charge in [-0.2, -0.15) is 4.98 Å². The molecule has 33 heavy (non-hydrogen) atoms. The molecule has 1 aromatic heterocycles. The Morgan fingerprint density at radius 3 is 2.64 bits per heavy atom. The van der Waals surface area contributed by atoms with Gasteiger partial charge < -0.3 is 15.2 Å². The van der Waals surface area contributed by atoms with Crippen LogP contribution in [0.4, 0.5) is 8.78 Å². The molecule has 2 aromatic carbocycles. The van der Waals surface area contributed by atoms with E-state index in [1.165, 1.54) is 10.6 Å². The molecule has 3 aromatic rings. The van der Waals surface area contributed by atoms with Crippen molar-refractivity contribution in [2.24, 2.45) is 0 Å². The number of aromatic nitrogens is 2. The van der Waals surface area contributed by atoms with Gasteiger partial charge in [0, 0.05) is 23.2 Å². The second-order valence-corrected chi connectivity index (χ2v) is 8.29. The maximum absolute atomic E-state index is 13.9. The lowest BCUT2D eigenvalue weighted by Gasteiger charge is -2.17. The number of aliphatic hydroxyl groups is 1. The Bertz CT molecular complexity index is 1260. The summed E-state index contributed by atoms with van der Waals surface area (Å²) in [5, 5.41) is 11.8. The maximum atomic E-state index is 13.9. The van der Waals surface area contributed by atoms with Crippen LogP contribution in [0.25, 0.3) is 5.69 Å². The number of nitrogens with zero attached hydrogens (tertiary/aromatic N) is 2. The number of benzene rings is 2. The van der Waals surface area contributed by atoms with Crippen LogP contribution in [0.3, 0.4) is 0 Å². The zero-order chi connectivity index (χ0) is 24.3. The summed E-state index contributed by atoms with van der Waals surface area (Å²) in [6.07, 6.45) is 0. The monoisotopic (exact) mass is 521 g/mol. The average molecular weight is 522 g/mol. The summed E-state index contributed by atoms with van der Waals surface area (Å²) in [7, 11) is 0. The fraction of sp³-hybridized carbons (Fsp3) is 0.261. The summed E-state index contributed by atoms with van der Waals surface area (Å²) < 4.78 is 33.8. The van der Waals surface area contributed by atoms with Gasteiger partial charge in [0.2, 0.25) is 5.88 Å². The van der Waals surface area contributed by atoms with Gasteiger partial charge in [-0.15, -0.1) is 0 Å². The topological polar surface area (TPSA) is 93.5 Å². The number of amides is 1. The first-order valence-corrected chi connectivity index (χ1v) is 10.8. The van der Waals surface area contributed by atoms with Gasteiger partial charge in [-0.3, -0.25) is 14.2 Å². The molecule has 0 spiro atoms. The van der Waals surface area contributed by atoms with Gasteiger partial charge in [0.15, 0.2) is 0 Å². The molecule has 0 fully saturated rings. The number of ether oxygens (including phenoxy) is 1. The number of aliphatic hydroxyl groups excluding tert-OH is 1. The van der Waals surface area contributed by atoms with Crippen LogP contribution in [-0.4, -0.2) is 33.2 Å². The molecule has 1 atom stereocenters. The molecule has 0 saturated heterocycles. The summed E-state index contributed by atoms with van der Waals surface area (Å²) in [4.78, 5) is 29.9. The van der Waals surface area contributed by atoms with Gasteiger partial charge in [-0.05, 0) is 66.5 Å². The van der Waals surface area contributed by atoms with Crippen LogP contribution in [-0.2, 0) is 6.61 Å². The molecule has 174 valence electrons. The number of hydrogen-bond donors (Lipinski definition) is 2. The van der Waals surface area contributed by atoms with Gasteiger partial charge in [-0.1, -0.05) is 6.07 Å². The Kier molecular flexibility index (Phi) is 7.60. The molecule has 7 nitrogen and oxygen atoms in total. The standard InChI is InChI=1S/C23H22BrF2N3O4/c1-12-4-5-15(21(31)27-13(2)10-30)8-19(12)29-14(3)28-22(20(24)23(29)32)33-11-16-6-7-17(25)9-18(16)26/h4-9,13,30H,10-11H2,1-3H3,(H,27,31). The van der Waals surface area contributed by atoms with Crippen LogP contribution < -0.4 is 15.6 Å². The smallest absolute Gasteiger partial charge is 0.276 e. The molecule has 1 amide bonds. The minimum absolute atomic E-state index is 0.0128. The Morgan fingerprint density at radius 2 is 1.97 bits per heavy atom. The minimum Gasteiger partial charge on any atom is -0.472 e. The summed E-state index contributed by atoms with van der Waals surface area (Å²) in [6, 6.07) is 7.57. The van der Waals surface area contributed by atoms with Crippen molar-refractivity contribution in [3.63, 3.8) is 0 Å². The van der Waals surface area contributed by atoms with Gasteiger partial charge >= 0.3 is 0 Å². The van der Waals surface area contributed by atoms with Crippen LogP contribution in [0.5, 0.6) is 5.88 Å². The van der Waals surface area contributed by atoms with Crippen molar-refractivity contribution in [3.8, 4) is 11.6 Å². The summed E-state index contributed by atoms with van der Waals surface area (Å²) in [6.45, 7) is 4.59. The molecule has 1 heterocycles. The molecular formula is C23H22BrF2N3O4. The van der Waals surface area contributed by atoms with Crippen molar-refractivity contribution < 1.29 is 23.4 Å². The van der Waals surface area contributed by atoms with E-state index in [9.17, 15) is 18.4 Å². The highest BCUT2D eigenvalue weighted by Gasteiger charge is 2.19. The van der Waals surface area contributed by atoms with Crippen LogP contribution in [0.2, 0.25) is 0 Å². The molecule has 0 aliphatic rings. The molecule has 0 bridgehead atoms. The van der Waals surface area contributed by atoms with E-state index in [1.54, 1.807) is 39.0 Å². The van der Waals surface area contributed by atoms with E-state index in [2.05, 4.69) is 26.2 Å². The predicted molar refractivity (Wildman–Crippen MR) is 122 cm³/mol. The lowest BCUT2D eigenvalue weighted by Crippen LogP contribution is -2.35. The van der Waals surface area contributed by atoms with E-state index in [0.717, 1.165) is 17.7 Å². The first-order chi connectivity index (χ1) is 15.6. The lowest BCUT2D eigenvalue weighted by atomic mass is 10.1. The summed E-state index contributed by atoms with van der Waals surface area (Å²) >= 11 is 3.20. The molecule has 0 radical (unpaired) electrons. The van der Waals surface area contributed by atoms with Crippen LogP contribution in [0.15, 0.2) is 45.7 Å². The fourth-order valence-electron chi connectivity index (χ4n) is 3.09. The Hall–Kier alpha value is -3.11. The second-order valence-electron chi connectivity index (χ2n) is 7.50. The summed E-state index contributed by atoms with van der Waals surface area (Å²) in [5.74, 6) is -1.62. The van der Waals surface area contributed by atoms with Gasteiger partial charge in [-0.25, -0.2) is 8.78 Å². The zero-order valence-corrected chi connectivity index (χ0v) is 19.7. The third-order valence-corrected chi connectivity index (χ3v) is 5.59. The van der Waals surface area contributed by atoms with Crippen LogP contribution in [0.1, 0.15) is 34.2 Å². The molecular weight excluding hydrogens is 500 g/mol. The third-order valence-electron chi connectivity index (χ3n) is 4.91. The van der Waals surface area contributed by atoms with Crippen molar-refractivity contribution >= 4 is 21.8 Å². The fourth-order valence-corrected chi connectivity index (χ4v) is 3.47. The maximum Gasteiger partial charge on any atom is 0.276 e. The molecule has 10 heteroatoms. The van der Waals surface area contributed by atoms with Gasteiger partial charge in [0.25, 0.3) is 11.5 Å². The number of nitrogens with one attached hydrogen (secondary N) is 1. The quantitative estimate of drug-likeness (QED) is 0.495. The normalized spacial score (nSPS) is 11.8. The van der Waals surface area contributed by atoms with Crippen molar-refractivity contribution in [1.82, 2.24) is 14.9 Å². The highest BCUT2D eigenvalue weighted by atomic mass is 79.9. The highest BCUT2D eigenvalue weighted by Crippen LogP contribution is 2.24. The number of halogens is 3. The molecule has 1 unspecified atom stereocenters. The number of aryl methyl sites for hydroxylation is 2. The lowest BCUT2D eigenvalue weighted by molar-refractivity contribution is 0.0922. The molecule has 0 aliphatic heterocycles. The first kappa shape index (κ1) is 24.5. The largest absolute Gasteiger partial charge is 0.472 e. The van der Waals surface area contributed by atoms with Crippen molar-refractivity contribution in [2.75, 3.05) is 6.61 Å². The van der Waals surface area contributed by atoms with Gasteiger partial charge in [0.05, 0.1) is 12.3 Å². The first-order valence-electron chi connectivity index (χ1n) is 10.0. The highest BCUT2D eigenvalue weighted by molar-refractivity contribution is 9.10. The van der Waals surface area contributed by atoms with E-state index in [-0.39, 0.29) is 35.0 Å². The Morgan fingerprint density at radius 1 is 1.24 bits per heavy atom. The predicted octanol–water partition coefficient (Wildman–Crippen LogP) is 3.58. The Labute approximate surface area is 197 Å². The SMILES string of the molecule is Cc1ccc(C(=O)NC(C)CO)cc1-n1c(C)nc(OCc2ccc(F)cc2F)c(Br)c1=O. The molecule has 0 saturated carbocycles. The Balaban J connectivity index is 1.95. The summed E-state index contributed by atoms with van der Waals surface area (Å²) in [5.41, 5.74) is 1.11. The van der Waals surface area contributed by atoms with E-state index in [4.69, 9.17) is 9.84 Å². The van der Waals surface area contributed by atoms with Crippen LogP contribution in [0, 0.1) is 25.5 Å². The second kappa shape index (κ2) is 10.2. The van der Waals surface area contributed by atoms with Crippen molar-refractivity contribution in [2.45, 2.75) is 33.4 Å². The number of carbonyl (C=O) groups excluding carboxylic acids is 1. The molecule has 0 aliphatic carbocycles. The van der Waals surface area contributed by atoms with E-state index in [1.807, 2.05) is 0 Å². The number of hydrogen-bond acceptors (Lipinski definition) is 5. The van der Waals surface area contributed by atoms with Crippen molar-refractivity contribution in [3.05, 3.63) is 85.4 Å². The van der Waals surface area contributed by atoms with E-state index >= 15 is 0 Å². The van der Waals surface area contributed by atoms with E-state index in [0.29, 0.717) is 11.3 Å². The van der Waals surface area contributed by atoms with Crippen molar-refractivity contribution in [1.29, 1.82) is 0 Å².